The van der Waals surface area contributed by atoms with Crippen LogP contribution in [0.15, 0.2) is 18.2 Å². The highest BCUT2D eigenvalue weighted by Crippen LogP contribution is 2.17. The molecule has 0 fully saturated rings. The second kappa shape index (κ2) is 5.11. The summed E-state index contributed by atoms with van der Waals surface area (Å²) >= 11 is 0. The first-order valence-corrected chi connectivity index (χ1v) is 6.28. The molecule has 0 aromatic heterocycles. The van der Waals surface area contributed by atoms with Crippen LogP contribution >= 0.6 is 0 Å². The van der Waals surface area contributed by atoms with Crippen molar-refractivity contribution in [2.75, 3.05) is 12.3 Å². The summed E-state index contributed by atoms with van der Waals surface area (Å²) in [6, 6.07) is 2.88. The molecule has 0 heterocycles. The molecule has 1 amide bonds. The molecule has 0 aliphatic carbocycles. The van der Waals surface area contributed by atoms with Gasteiger partial charge in [0.25, 0.3) is 5.91 Å². The number of primary sulfonamides is 1. The standard InChI is InChI=1S/C9H11FN2O4S/c10-6-1-2-8(13)7(5-6)9(14)12-3-4-17(11,15)16/h1-2,5,13H,3-4H2,(H,12,14)(H2,11,15,16). The number of nitrogens with one attached hydrogen (secondary N) is 1. The topological polar surface area (TPSA) is 109 Å². The maximum Gasteiger partial charge on any atom is 0.255 e. The molecular weight excluding hydrogens is 251 g/mol. The van der Waals surface area contributed by atoms with Gasteiger partial charge in [0, 0.05) is 6.54 Å². The number of amides is 1. The lowest BCUT2D eigenvalue weighted by Gasteiger charge is -2.06. The smallest absolute Gasteiger partial charge is 0.255 e. The van der Waals surface area contributed by atoms with Crippen molar-refractivity contribution in [2.45, 2.75) is 0 Å². The molecule has 94 valence electrons. The summed E-state index contributed by atoms with van der Waals surface area (Å²) in [5.41, 5.74) is -0.264. The molecule has 1 aromatic carbocycles. The molecule has 1 aromatic rings. The Morgan fingerprint density at radius 1 is 1.47 bits per heavy atom. The molecule has 0 unspecified atom stereocenters. The SMILES string of the molecule is NS(=O)(=O)CCNC(=O)c1cc(F)ccc1O. The molecule has 0 saturated heterocycles. The Balaban J connectivity index is 2.67. The Kier molecular flexibility index (Phi) is 4.02. The van der Waals surface area contributed by atoms with Crippen molar-refractivity contribution in [3.05, 3.63) is 29.6 Å². The molecule has 0 saturated carbocycles. The quantitative estimate of drug-likeness (QED) is 0.682. The number of phenols is 1. The van der Waals surface area contributed by atoms with Crippen molar-refractivity contribution in [3.63, 3.8) is 0 Å². The van der Waals surface area contributed by atoms with Gasteiger partial charge < -0.3 is 10.4 Å². The fraction of sp³-hybridized carbons (Fsp3) is 0.222. The third kappa shape index (κ3) is 4.37. The minimum absolute atomic E-state index is 0.215. The van der Waals surface area contributed by atoms with Gasteiger partial charge in [0.2, 0.25) is 10.0 Å². The molecule has 0 radical (unpaired) electrons. The first-order valence-electron chi connectivity index (χ1n) is 4.57. The number of hydrogen-bond acceptors (Lipinski definition) is 4. The van der Waals surface area contributed by atoms with Crippen molar-refractivity contribution in [2.24, 2.45) is 5.14 Å². The molecular formula is C9H11FN2O4S. The minimum atomic E-state index is -3.67. The lowest BCUT2D eigenvalue weighted by molar-refractivity contribution is 0.0953. The minimum Gasteiger partial charge on any atom is -0.507 e. The molecule has 0 aliphatic rings. The van der Waals surface area contributed by atoms with E-state index >= 15 is 0 Å². The second-order valence-corrected chi connectivity index (χ2v) is 5.02. The number of carbonyl (C=O) groups excluding carboxylic acids is 1. The number of carbonyl (C=O) groups is 1. The number of benzene rings is 1. The van der Waals surface area contributed by atoms with Crippen LogP contribution in [0.4, 0.5) is 4.39 Å². The fourth-order valence-electron chi connectivity index (χ4n) is 1.09. The lowest BCUT2D eigenvalue weighted by atomic mass is 10.2. The van der Waals surface area contributed by atoms with Crippen LogP contribution in [0.1, 0.15) is 10.4 Å². The van der Waals surface area contributed by atoms with E-state index in [2.05, 4.69) is 5.32 Å². The molecule has 0 bridgehead atoms. The highest BCUT2D eigenvalue weighted by atomic mass is 32.2. The second-order valence-electron chi connectivity index (χ2n) is 3.28. The van der Waals surface area contributed by atoms with Gasteiger partial charge in [-0.05, 0) is 18.2 Å². The summed E-state index contributed by atoms with van der Waals surface area (Å²) in [5.74, 6) is -2.28. The summed E-state index contributed by atoms with van der Waals surface area (Å²) in [6.45, 7) is -0.215. The summed E-state index contributed by atoms with van der Waals surface area (Å²) in [5, 5.41) is 16.2. The van der Waals surface area contributed by atoms with Gasteiger partial charge in [-0.1, -0.05) is 0 Å². The molecule has 8 heteroatoms. The van der Waals surface area contributed by atoms with E-state index in [4.69, 9.17) is 5.14 Å². The first-order chi connectivity index (χ1) is 7.79. The zero-order valence-electron chi connectivity index (χ0n) is 8.68. The van der Waals surface area contributed by atoms with Crippen LogP contribution in [0, 0.1) is 5.82 Å². The molecule has 0 aliphatic heterocycles. The van der Waals surface area contributed by atoms with E-state index in [1.54, 1.807) is 0 Å². The number of phenolic OH excluding ortho intramolecular Hbond substituents is 1. The highest BCUT2D eigenvalue weighted by Gasteiger charge is 2.12. The zero-order chi connectivity index (χ0) is 13.1. The average molecular weight is 262 g/mol. The van der Waals surface area contributed by atoms with Crippen molar-refractivity contribution < 1.29 is 22.7 Å². The van der Waals surface area contributed by atoms with Gasteiger partial charge in [-0.3, -0.25) is 4.79 Å². The predicted octanol–water partition coefficient (Wildman–Crippen LogP) is -0.450. The number of aromatic hydroxyl groups is 1. The molecule has 17 heavy (non-hydrogen) atoms. The maximum atomic E-state index is 12.8. The van der Waals surface area contributed by atoms with Gasteiger partial charge >= 0.3 is 0 Å². The summed E-state index contributed by atoms with van der Waals surface area (Å²) < 4.78 is 34.0. The molecule has 1 rings (SSSR count). The van der Waals surface area contributed by atoms with Crippen LogP contribution in [-0.4, -0.2) is 31.7 Å². The number of halogens is 1. The van der Waals surface area contributed by atoms with Crippen molar-refractivity contribution >= 4 is 15.9 Å². The maximum absolute atomic E-state index is 12.8. The highest BCUT2D eigenvalue weighted by molar-refractivity contribution is 7.89. The monoisotopic (exact) mass is 262 g/mol. The number of hydrogen-bond donors (Lipinski definition) is 3. The van der Waals surface area contributed by atoms with Crippen LogP contribution in [0.25, 0.3) is 0 Å². The van der Waals surface area contributed by atoms with E-state index in [0.717, 1.165) is 18.2 Å². The number of sulfonamides is 1. The lowest BCUT2D eigenvalue weighted by Crippen LogP contribution is -2.31. The normalized spacial score (nSPS) is 11.2. The van der Waals surface area contributed by atoms with E-state index < -0.39 is 27.5 Å². The Hall–Kier alpha value is -1.67. The molecule has 6 nitrogen and oxygen atoms in total. The van der Waals surface area contributed by atoms with Crippen LogP contribution in [0.5, 0.6) is 5.75 Å². The van der Waals surface area contributed by atoms with Gasteiger partial charge in [0.1, 0.15) is 11.6 Å². The van der Waals surface area contributed by atoms with E-state index in [1.165, 1.54) is 0 Å². The summed E-state index contributed by atoms with van der Waals surface area (Å²) in [4.78, 5) is 11.4. The van der Waals surface area contributed by atoms with E-state index in [0.29, 0.717) is 0 Å². The van der Waals surface area contributed by atoms with Crippen LogP contribution < -0.4 is 10.5 Å². The Morgan fingerprint density at radius 2 is 2.12 bits per heavy atom. The van der Waals surface area contributed by atoms with Gasteiger partial charge in [-0.25, -0.2) is 17.9 Å². The molecule has 4 N–H and O–H groups in total. The summed E-state index contributed by atoms with van der Waals surface area (Å²) in [7, 11) is -3.67. The third-order valence-corrected chi connectivity index (χ3v) is 2.65. The van der Waals surface area contributed by atoms with Crippen molar-refractivity contribution in [1.29, 1.82) is 0 Å². The third-order valence-electron chi connectivity index (χ3n) is 1.88. The molecule has 0 atom stereocenters. The number of nitrogens with two attached hydrogens (primary N) is 1. The van der Waals surface area contributed by atoms with E-state index in [1.807, 2.05) is 0 Å². The van der Waals surface area contributed by atoms with Gasteiger partial charge in [-0.2, -0.15) is 0 Å². The van der Waals surface area contributed by atoms with Crippen molar-refractivity contribution in [1.82, 2.24) is 5.32 Å². The first kappa shape index (κ1) is 13.4. The van der Waals surface area contributed by atoms with Crippen LogP contribution in [0.2, 0.25) is 0 Å². The van der Waals surface area contributed by atoms with Crippen molar-refractivity contribution in [3.8, 4) is 5.75 Å². The Bertz CT molecular complexity index is 530. The largest absolute Gasteiger partial charge is 0.507 e. The zero-order valence-corrected chi connectivity index (χ0v) is 9.50. The summed E-state index contributed by atoms with van der Waals surface area (Å²) in [6.07, 6.45) is 0. The molecule has 0 spiro atoms. The van der Waals surface area contributed by atoms with Gasteiger partial charge in [0.15, 0.2) is 0 Å². The van der Waals surface area contributed by atoms with Gasteiger partial charge in [0.05, 0.1) is 11.3 Å². The van der Waals surface area contributed by atoms with E-state index in [-0.39, 0.29) is 17.9 Å². The van der Waals surface area contributed by atoms with Gasteiger partial charge in [-0.15, -0.1) is 0 Å². The van der Waals surface area contributed by atoms with Crippen LogP contribution in [0.3, 0.4) is 0 Å². The van der Waals surface area contributed by atoms with E-state index in [9.17, 15) is 22.7 Å². The fourth-order valence-corrected chi connectivity index (χ4v) is 1.48. The average Bonchev–Trinajstić information content (AvgIpc) is 2.19. The number of rotatable bonds is 4. The predicted molar refractivity (Wildman–Crippen MR) is 58.4 cm³/mol. The van der Waals surface area contributed by atoms with Crippen LogP contribution in [-0.2, 0) is 10.0 Å². The Morgan fingerprint density at radius 3 is 2.71 bits per heavy atom. The Labute approximate surface area is 97.3 Å².